The summed E-state index contributed by atoms with van der Waals surface area (Å²) in [5.41, 5.74) is 1.15. The standard InChI is InChI=1S/C16H28N4/c1-4-10-17-16-9-5-7-14(18-16)12-19(2)13-15-8-6-11-20(15)3/h5,7,9,15H,4,6,8,10-13H2,1-3H3,(H,17,18). The molecular weight excluding hydrogens is 248 g/mol. The van der Waals surface area contributed by atoms with Gasteiger partial charge in [-0.1, -0.05) is 13.0 Å². The maximum atomic E-state index is 4.68. The molecule has 1 aliphatic rings. The van der Waals surface area contributed by atoms with Crippen LogP contribution in [0.5, 0.6) is 0 Å². The van der Waals surface area contributed by atoms with E-state index in [0.717, 1.165) is 37.6 Å². The molecule has 0 aliphatic carbocycles. The van der Waals surface area contributed by atoms with Crippen molar-refractivity contribution in [3.63, 3.8) is 0 Å². The summed E-state index contributed by atoms with van der Waals surface area (Å²) in [7, 11) is 4.43. The lowest BCUT2D eigenvalue weighted by atomic mass is 10.2. The highest BCUT2D eigenvalue weighted by atomic mass is 15.2. The summed E-state index contributed by atoms with van der Waals surface area (Å²) < 4.78 is 0. The van der Waals surface area contributed by atoms with Gasteiger partial charge in [-0.05, 0) is 52.0 Å². The fourth-order valence-corrected chi connectivity index (χ4v) is 2.83. The fourth-order valence-electron chi connectivity index (χ4n) is 2.83. The van der Waals surface area contributed by atoms with Crippen molar-refractivity contribution < 1.29 is 0 Å². The number of likely N-dealkylation sites (N-methyl/N-ethyl adjacent to an activating group) is 2. The number of likely N-dealkylation sites (tertiary alicyclic amines) is 1. The van der Waals surface area contributed by atoms with Gasteiger partial charge in [0, 0.05) is 25.7 Å². The lowest BCUT2D eigenvalue weighted by molar-refractivity contribution is 0.214. The van der Waals surface area contributed by atoms with E-state index < -0.39 is 0 Å². The predicted molar refractivity (Wildman–Crippen MR) is 85.0 cm³/mol. The number of aromatic nitrogens is 1. The topological polar surface area (TPSA) is 31.4 Å². The van der Waals surface area contributed by atoms with Crippen molar-refractivity contribution in [2.24, 2.45) is 0 Å². The van der Waals surface area contributed by atoms with Gasteiger partial charge >= 0.3 is 0 Å². The third kappa shape index (κ3) is 4.46. The first-order valence-electron chi connectivity index (χ1n) is 7.77. The Morgan fingerprint density at radius 3 is 3.00 bits per heavy atom. The second-order valence-corrected chi connectivity index (χ2v) is 5.91. The monoisotopic (exact) mass is 276 g/mol. The number of nitrogens with zero attached hydrogens (tertiary/aromatic N) is 3. The molecule has 0 bridgehead atoms. The Morgan fingerprint density at radius 1 is 1.45 bits per heavy atom. The van der Waals surface area contributed by atoms with Crippen LogP contribution >= 0.6 is 0 Å². The summed E-state index contributed by atoms with van der Waals surface area (Å²) in [5, 5.41) is 3.35. The van der Waals surface area contributed by atoms with E-state index >= 15 is 0 Å². The van der Waals surface area contributed by atoms with Crippen molar-refractivity contribution in [3.8, 4) is 0 Å². The molecule has 0 saturated carbocycles. The van der Waals surface area contributed by atoms with Crippen molar-refractivity contribution in [1.82, 2.24) is 14.8 Å². The Labute approximate surface area is 123 Å². The van der Waals surface area contributed by atoms with Crippen LogP contribution in [0.15, 0.2) is 18.2 Å². The molecule has 4 heteroatoms. The quantitative estimate of drug-likeness (QED) is 0.829. The van der Waals surface area contributed by atoms with Gasteiger partial charge in [-0.25, -0.2) is 4.98 Å². The van der Waals surface area contributed by atoms with Crippen LogP contribution in [0.2, 0.25) is 0 Å². The van der Waals surface area contributed by atoms with Crippen LogP contribution in [0.25, 0.3) is 0 Å². The molecule has 0 aromatic carbocycles. The summed E-state index contributed by atoms with van der Waals surface area (Å²) in [6.07, 6.45) is 3.79. The molecule has 1 saturated heterocycles. The van der Waals surface area contributed by atoms with Crippen molar-refractivity contribution in [2.45, 2.75) is 38.8 Å². The highest BCUT2D eigenvalue weighted by Crippen LogP contribution is 2.16. The van der Waals surface area contributed by atoms with Crippen LogP contribution < -0.4 is 5.32 Å². The molecule has 0 spiro atoms. The Bertz CT molecular complexity index is 407. The van der Waals surface area contributed by atoms with Gasteiger partial charge in [0.25, 0.3) is 0 Å². The van der Waals surface area contributed by atoms with Crippen LogP contribution in [0.3, 0.4) is 0 Å². The maximum Gasteiger partial charge on any atom is 0.126 e. The SMILES string of the molecule is CCCNc1cccc(CN(C)CC2CCCN2C)n1. The Hall–Kier alpha value is -1.13. The molecule has 0 radical (unpaired) electrons. The normalized spacial score (nSPS) is 19.7. The average Bonchev–Trinajstić information content (AvgIpc) is 2.82. The Morgan fingerprint density at radius 2 is 2.30 bits per heavy atom. The van der Waals surface area contributed by atoms with Crippen LogP contribution in [0.1, 0.15) is 31.9 Å². The van der Waals surface area contributed by atoms with E-state index in [1.807, 2.05) is 6.07 Å². The van der Waals surface area contributed by atoms with Crippen LogP contribution in [0, 0.1) is 0 Å². The number of nitrogens with one attached hydrogen (secondary N) is 1. The zero-order valence-electron chi connectivity index (χ0n) is 13.1. The number of pyridine rings is 1. The minimum absolute atomic E-state index is 0.710. The van der Waals surface area contributed by atoms with E-state index in [4.69, 9.17) is 0 Å². The first kappa shape index (κ1) is 15.3. The van der Waals surface area contributed by atoms with Gasteiger partial charge in [0.1, 0.15) is 5.82 Å². The molecule has 1 fully saturated rings. The molecule has 1 atom stereocenters. The molecule has 1 aromatic heterocycles. The molecule has 1 aromatic rings. The van der Waals surface area contributed by atoms with Gasteiger partial charge in [-0.3, -0.25) is 4.90 Å². The number of rotatable bonds is 7. The average molecular weight is 276 g/mol. The zero-order chi connectivity index (χ0) is 14.4. The Kier molecular flexibility index (Phi) is 5.80. The predicted octanol–water partition coefficient (Wildman–Crippen LogP) is 2.43. The summed E-state index contributed by atoms with van der Waals surface area (Å²) in [4.78, 5) is 9.54. The molecule has 20 heavy (non-hydrogen) atoms. The highest BCUT2D eigenvalue weighted by Gasteiger charge is 2.22. The molecule has 4 nitrogen and oxygen atoms in total. The van der Waals surface area contributed by atoms with E-state index in [0.29, 0.717) is 6.04 Å². The van der Waals surface area contributed by atoms with Crippen molar-refractivity contribution in [1.29, 1.82) is 0 Å². The second kappa shape index (κ2) is 7.60. The smallest absolute Gasteiger partial charge is 0.126 e. The van der Waals surface area contributed by atoms with Crippen molar-refractivity contribution >= 4 is 5.82 Å². The Balaban J connectivity index is 1.85. The highest BCUT2D eigenvalue weighted by molar-refractivity contribution is 5.35. The fraction of sp³-hybridized carbons (Fsp3) is 0.688. The minimum Gasteiger partial charge on any atom is -0.370 e. The van der Waals surface area contributed by atoms with Gasteiger partial charge in [0.2, 0.25) is 0 Å². The maximum absolute atomic E-state index is 4.68. The third-order valence-corrected chi connectivity index (χ3v) is 3.99. The van der Waals surface area contributed by atoms with Gasteiger partial charge < -0.3 is 10.2 Å². The van der Waals surface area contributed by atoms with Gasteiger partial charge in [0.05, 0.1) is 5.69 Å². The summed E-state index contributed by atoms with van der Waals surface area (Å²) in [5.74, 6) is 0.996. The first-order chi connectivity index (χ1) is 9.69. The number of hydrogen-bond acceptors (Lipinski definition) is 4. The van der Waals surface area contributed by atoms with Crippen LogP contribution in [-0.4, -0.2) is 54.6 Å². The van der Waals surface area contributed by atoms with Crippen molar-refractivity contribution in [2.75, 3.05) is 39.0 Å². The summed E-state index contributed by atoms with van der Waals surface area (Å²) in [6.45, 7) is 6.45. The lowest BCUT2D eigenvalue weighted by Gasteiger charge is -2.25. The van der Waals surface area contributed by atoms with E-state index in [2.05, 4.69) is 53.3 Å². The summed E-state index contributed by atoms with van der Waals surface area (Å²) in [6, 6.07) is 6.97. The molecule has 1 N–H and O–H groups in total. The largest absolute Gasteiger partial charge is 0.370 e. The molecule has 1 unspecified atom stereocenters. The van der Waals surface area contributed by atoms with Gasteiger partial charge in [0.15, 0.2) is 0 Å². The first-order valence-corrected chi connectivity index (χ1v) is 7.77. The van der Waals surface area contributed by atoms with Gasteiger partial charge in [-0.2, -0.15) is 0 Å². The number of anilines is 1. The molecule has 0 amide bonds. The van der Waals surface area contributed by atoms with E-state index in [-0.39, 0.29) is 0 Å². The molecule has 1 aliphatic heterocycles. The number of hydrogen-bond donors (Lipinski definition) is 1. The molecular formula is C16H28N4. The summed E-state index contributed by atoms with van der Waals surface area (Å²) >= 11 is 0. The van der Waals surface area contributed by atoms with Crippen molar-refractivity contribution in [3.05, 3.63) is 23.9 Å². The zero-order valence-corrected chi connectivity index (χ0v) is 13.1. The third-order valence-electron chi connectivity index (χ3n) is 3.99. The van der Waals surface area contributed by atoms with Gasteiger partial charge in [-0.15, -0.1) is 0 Å². The van der Waals surface area contributed by atoms with E-state index in [1.54, 1.807) is 0 Å². The van der Waals surface area contributed by atoms with E-state index in [1.165, 1.54) is 19.4 Å². The van der Waals surface area contributed by atoms with E-state index in [9.17, 15) is 0 Å². The molecule has 2 heterocycles. The lowest BCUT2D eigenvalue weighted by Crippen LogP contribution is -2.36. The minimum atomic E-state index is 0.710. The molecule has 2 rings (SSSR count). The van der Waals surface area contributed by atoms with Crippen LogP contribution in [-0.2, 0) is 6.54 Å². The molecule has 112 valence electrons. The van der Waals surface area contributed by atoms with Crippen LogP contribution in [0.4, 0.5) is 5.82 Å². The second-order valence-electron chi connectivity index (χ2n) is 5.91.